The quantitative estimate of drug-likeness (QED) is 0.609. The number of morpholine rings is 1. The summed E-state index contributed by atoms with van der Waals surface area (Å²) in [6.45, 7) is 8.14. The van der Waals surface area contributed by atoms with Gasteiger partial charge in [0.05, 0.1) is 29.8 Å². The molecule has 0 aromatic heterocycles. The van der Waals surface area contributed by atoms with E-state index in [4.69, 9.17) is 10.00 Å². The van der Waals surface area contributed by atoms with Crippen LogP contribution >= 0.6 is 0 Å². The van der Waals surface area contributed by atoms with Crippen LogP contribution in [0.25, 0.3) is 0 Å². The molecule has 2 rings (SSSR count). The van der Waals surface area contributed by atoms with Crippen molar-refractivity contribution < 1.29 is 9.66 Å². The van der Waals surface area contributed by atoms with Crippen LogP contribution in [0.4, 0.5) is 11.4 Å². The number of rotatable bonds is 7. The molecule has 1 aromatic rings. The second-order valence-electron chi connectivity index (χ2n) is 6.41. The molecule has 0 amide bonds. The summed E-state index contributed by atoms with van der Waals surface area (Å²) in [4.78, 5) is 13.2. The highest BCUT2D eigenvalue weighted by Gasteiger charge is 2.23. The van der Waals surface area contributed by atoms with E-state index in [1.54, 1.807) is 6.07 Å². The Labute approximate surface area is 142 Å². The van der Waals surface area contributed by atoms with Crippen molar-refractivity contribution in [3.8, 4) is 6.07 Å². The molecule has 0 spiro atoms. The molecule has 1 aliphatic heterocycles. The van der Waals surface area contributed by atoms with Gasteiger partial charge in [0.25, 0.3) is 5.69 Å². The van der Waals surface area contributed by atoms with Crippen LogP contribution in [0.5, 0.6) is 0 Å². The lowest BCUT2D eigenvalue weighted by atomic mass is 10.0. The van der Waals surface area contributed by atoms with Gasteiger partial charge in [0.1, 0.15) is 5.69 Å². The Kier molecular flexibility index (Phi) is 6.53. The van der Waals surface area contributed by atoms with Crippen molar-refractivity contribution in [2.75, 3.05) is 38.2 Å². The predicted molar refractivity (Wildman–Crippen MR) is 91.9 cm³/mol. The minimum absolute atomic E-state index is 0.000672. The topological polar surface area (TPSA) is 91.4 Å². The average molecular weight is 332 g/mol. The maximum absolute atomic E-state index is 11.2. The Bertz CT molecular complexity index is 606. The zero-order chi connectivity index (χ0) is 17.5. The van der Waals surface area contributed by atoms with Gasteiger partial charge in [-0.2, -0.15) is 5.26 Å². The first-order valence-corrected chi connectivity index (χ1v) is 8.25. The van der Waals surface area contributed by atoms with Crippen LogP contribution in [0.1, 0.15) is 25.8 Å². The van der Waals surface area contributed by atoms with Gasteiger partial charge in [-0.05, 0) is 24.5 Å². The zero-order valence-electron chi connectivity index (χ0n) is 14.2. The Hall–Kier alpha value is -2.17. The van der Waals surface area contributed by atoms with Gasteiger partial charge >= 0.3 is 0 Å². The standard InChI is InChI=1S/C17H24N4O3/c1-13(2)9-15(20-5-7-24-8-6-20)12-19-16-10-14(11-18)3-4-17(16)21(22)23/h3-4,10,13,15,19H,5-9,12H2,1-2H3. The number of hydrogen-bond acceptors (Lipinski definition) is 6. The van der Waals surface area contributed by atoms with E-state index in [9.17, 15) is 10.1 Å². The molecule has 0 saturated carbocycles. The van der Waals surface area contributed by atoms with Crippen LogP contribution < -0.4 is 5.32 Å². The van der Waals surface area contributed by atoms with Crippen LogP contribution in [-0.2, 0) is 4.74 Å². The van der Waals surface area contributed by atoms with Crippen LogP contribution in [-0.4, -0.2) is 48.7 Å². The van der Waals surface area contributed by atoms with Gasteiger partial charge in [0, 0.05) is 31.7 Å². The first-order valence-electron chi connectivity index (χ1n) is 8.25. The molecule has 1 heterocycles. The van der Waals surface area contributed by atoms with E-state index in [2.05, 4.69) is 24.1 Å². The van der Waals surface area contributed by atoms with Crippen molar-refractivity contribution in [2.24, 2.45) is 5.92 Å². The number of nitrogens with zero attached hydrogens (tertiary/aromatic N) is 3. The van der Waals surface area contributed by atoms with Crippen molar-refractivity contribution in [1.82, 2.24) is 4.90 Å². The van der Waals surface area contributed by atoms with E-state index in [0.29, 0.717) is 23.7 Å². The van der Waals surface area contributed by atoms with Gasteiger partial charge in [-0.25, -0.2) is 0 Å². The molecular weight excluding hydrogens is 308 g/mol. The van der Waals surface area contributed by atoms with E-state index in [0.717, 1.165) is 32.7 Å². The normalized spacial score (nSPS) is 16.6. The van der Waals surface area contributed by atoms with Gasteiger partial charge in [0.2, 0.25) is 0 Å². The van der Waals surface area contributed by atoms with E-state index in [1.165, 1.54) is 12.1 Å². The Morgan fingerprint density at radius 1 is 1.42 bits per heavy atom. The molecule has 1 aromatic carbocycles. The van der Waals surface area contributed by atoms with Crippen LogP contribution in [0, 0.1) is 27.4 Å². The summed E-state index contributed by atoms with van der Waals surface area (Å²) in [7, 11) is 0. The van der Waals surface area contributed by atoms with Gasteiger partial charge in [0.15, 0.2) is 0 Å². The SMILES string of the molecule is CC(C)CC(CNc1cc(C#N)ccc1[N+](=O)[O-])N1CCOCC1. The maximum atomic E-state index is 11.2. The van der Waals surface area contributed by atoms with E-state index < -0.39 is 4.92 Å². The number of benzene rings is 1. The van der Waals surface area contributed by atoms with E-state index in [1.807, 2.05) is 6.07 Å². The zero-order valence-corrected chi connectivity index (χ0v) is 14.2. The summed E-state index contributed by atoms with van der Waals surface area (Å²) >= 11 is 0. The van der Waals surface area contributed by atoms with Crippen molar-refractivity contribution >= 4 is 11.4 Å². The summed E-state index contributed by atoms with van der Waals surface area (Å²) < 4.78 is 5.41. The second-order valence-corrected chi connectivity index (χ2v) is 6.41. The average Bonchev–Trinajstić information content (AvgIpc) is 2.58. The molecule has 1 N–H and O–H groups in total. The van der Waals surface area contributed by atoms with Gasteiger partial charge in [-0.15, -0.1) is 0 Å². The minimum Gasteiger partial charge on any atom is -0.379 e. The molecule has 24 heavy (non-hydrogen) atoms. The third kappa shape index (κ3) is 4.91. The van der Waals surface area contributed by atoms with Gasteiger partial charge in [-0.3, -0.25) is 15.0 Å². The maximum Gasteiger partial charge on any atom is 0.292 e. The fraction of sp³-hybridized carbons (Fsp3) is 0.588. The summed E-state index contributed by atoms with van der Waals surface area (Å²) in [5.74, 6) is 0.528. The first kappa shape index (κ1) is 18.2. The largest absolute Gasteiger partial charge is 0.379 e. The van der Waals surface area contributed by atoms with Gasteiger partial charge in [-0.1, -0.05) is 13.8 Å². The molecule has 0 radical (unpaired) electrons. The fourth-order valence-corrected chi connectivity index (χ4v) is 2.98. The third-order valence-corrected chi connectivity index (χ3v) is 4.16. The highest BCUT2D eigenvalue weighted by Crippen LogP contribution is 2.26. The first-order chi connectivity index (χ1) is 11.5. The number of ether oxygens (including phenoxy) is 1. The lowest BCUT2D eigenvalue weighted by Gasteiger charge is -2.35. The summed E-state index contributed by atoms with van der Waals surface area (Å²) in [6.07, 6.45) is 0.999. The molecule has 0 aliphatic carbocycles. The van der Waals surface area contributed by atoms with Crippen LogP contribution in [0.3, 0.4) is 0 Å². The highest BCUT2D eigenvalue weighted by molar-refractivity contribution is 5.64. The molecule has 7 heteroatoms. The third-order valence-electron chi connectivity index (χ3n) is 4.16. The lowest BCUT2D eigenvalue weighted by molar-refractivity contribution is -0.384. The summed E-state index contributed by atoms with van der Waals surface area (Å²) in [5, 5.41) is 23.4. The number of nitro benzene ring substituents is 1. The molecule has 1 fully saturated rings. The molecule has 130 valence electrons. The number of nitriles is 1. The monoisotopic (exact) mass is 332 g/mol. The van der Waals surface area contributed by atoms with Gasteiger partial charge < -0.3 is 10.1 Å². The fourth-order valence-electron chi connectivity index (χ4n) is 2.98. The Morgan fingerprint density at radius 2 is 2.12 bits per heavy atom. The predicted octanol–water partition coefficient (Wildman–Crippen LogP) is 2.63. The smallest absolute Gasteiger partial charge is 0.292 e. The van der Waals surface area contributed by atoms with E-state index in [-0.39, 0.29) is 11.7 Å². The number of anilines is 1. The van der Waals surface area contributed by atoms with Crippen LogP contribution in [0.15, 0.2) is 18.2 Å². The molecule has 7 nitrogen and oxygen atoms in total. The van der Waals surface area contributed by atoms with Crippen molar-refractivity contribution in [1.29, 1.82) is 5.26 Å². The molecule has 1 atom stereocenters. The molecule has 1 aliphatic rings. The van der Waals surface area contributed by atoms with Crippen molar-refractivity contribution in [3.05, 3.63) is 33.9 Å². The Morgan fingerprint density at radius 3 is 2.71 bits per heavy atom. The van der Waals surface area contributed by atoms with Crippen molar-refractivity contribution in [2.45, 2.75) is 26.3 Å². The molecule has 1 unspecified atom stereocenters. The molecular formula is C17H24N4O3. The van der Waals surface area contributed by atoms with Crippen molar-refractivity contribution in [3.63, 3.8) is 0 Å². The molecule has 1 saturated heterocycles. The number of nitro groups is 1. The number of nitrogens with one attached hydrogen (secondary N) is 1. The summed E-state index contributed by atoms with van der Waals surface area (Å²) in [6, 6.07) is 6.70. The second kappa shape index (κ2) is 8.62. The lowest BCUT2D eigenvalue weighted by Crippen LogP contribution is -2.47. The minimum atomic E-state index is -0.421. The number of hydrogen-bond donors (Lipinski definition) is 1. The highest BCUT2D eigenvalue weighted by atomic mass is 16.6. The summed E-state index contributed by atoms with van der Waals surface area (Å²) in [5.41, 5.74) is 0.815. The molecule has 0 bridgehead atoms. The van der Waals surface area contributed by atoms with Crippen LogP contribution in [0.2, 0.25) is 0 Å². The Balaban J connectivity index is 2.12. The van der Waals surface area contributed by atoms with E-state index >= 15 is 0 Å².